The summed E-state index contributed by atoms with van der Waals surface area (Å²) in [7, 11) is -9.66. The summed E-state index contributed by atoms with van der Waals surface area (Å²) in [6.45, 7) is 0. The van der Waals surface area contributed by atoms with Crippen LogP contribution in [0.2, 0.25) is 0 Å². The monoisotopic (exact) mass is 980 g/mol. The molecule has 0 heterocycles. The first-order valence-electron chi connectivity index (χ1n) is 20.1. The SMILES string of the molecule is O=C(O)c1cc(-c2ccc(N=Nc3ccc4c(S(=O)(=O)O)ccc(N=C(O)c5ccccc5)c4c3O)c(C(=O)O)c2)ccc1N=Nc1ccc2c(S(=O)(=O)O)ccc(N=C(O)c3ccccc3)c2c1O. The molecule has 8 N–H and O–H groups in total. The Morgan fingerprint density at radius 1 is 0.400 bits per heavy atom. The molecule has 350 valence electrons. The molecule has 0 saturated carbocycles. The van der Waals surface area contributed by atoms with Crippen LogP contribution in [0.15, 0.2) is 186 Å². The molecule has 20 nitrogen and oxygen atoms in total. The van der Waals surface area contributed by atoms with Crippen molar-refractivity contribution in [2.75, 3.05) is 0 Å². The standard InChI is InChI=1S/C48H32N6O14S2/c55-43-37(17-13-29-39(69(63,64)65)21-19-35(41(29)43)49-45(57)25-7-3-1-4-8-25)53-51-33-15-11-27(23-31(33)47(59)60)28-12-16-34(32(24-28)48(61)62)52-54-38-18-14-30-40(70(66,67)68)22-20-36(42(30)44(38)56)50-46(58)26-9-5-2-6-10-26/h1-24,55-56H,(H,49,57)(H,50,58)(H,59,60)(H,61,62)(H,63,64,65)(H,66,67,68). The number of aromatic hydroxyl groups is 2. The Hall–Kier alpha value is -9.22. The minimum atomic E-state index is -4.83. The normalized spacial score (nSPS) is 12.6. The van der Waals surface area contributed by atoms with E-state index in [4.69, 9.17) is 0 Å². The molecule has 0 fully saturated rings. The molecule has 0 bridgehead atoms. The third kappa shape index (κ3) is 9.63. The number of hydrogen-bond acceptors (Lipinski definition) is 14. The summed E-state index contributed by atoms with van der Waals surface area (Å²) < 4.78 is 68.8. The van der Waals surface area contributed by atoms with Crippen LogP contribution in [0.1, 0.15) is 31.8 Å². The van der Waals surface area contributed by atoms with Gasteiger partial charge in [-0.3, -0.25) is 9.11 Å². The summed E-state index contributed by atoms with van der Waals surface area (Å²) in [5, 5.41) is 79.9. The number of nitrogens with zero attached hydrogens (tertiary/aromatic N) is 6. The largest absolute Gasteiger partial charge is 0.505 e. The van der Waals surface area contributed by atoms with Gasteiger partial charge < -0.3 is 30.6 Å². The second-order valence-electron chi connectivity index (χ2n) is 14.9. The number of aromatic carboxylic acids is 2. The first kappa shape index (κ1) is 47.3. The number of aliphatic imine (C=N–C) groups is 2. The van der Waals surface area contributed by atoms with Crippen molar-refractivity contribution in [3.8, 4) is 22.6 Å². The first-order chi connectivity index (χ1) is 33.3. The van der Waals surface area contributed by atoms with Crippen molar-refractivity contribution in [2.24, 2.45) is 30.4 Å². The molecule has 0 spiro atoms. The second kappa shape index (κ2) is 18.8. The lowest BCUT2D eigenvalue weighted by atomic mass is 9.99. The number of azo groups is 2. The number of aliphatic hydroxyl groups is 2. The van der Waals surface area contributed by atoms with Crippen molar-refractivity contribution in [1.29, 1.82) is 0 Å². The van der Waals surface area contributed by atoms with E-state index in [0.29, 0.717) is 11.1 Å². The van der Waals surface area contributed by atoms with Crippen LogP contribution in [0.4, 0.5) is 34.1 Å². The van der Waals surface area contributed by atoms with E-state index in [-0.39, 0.29) is 66.8 Å². The van der Waals surface area contributed by atoms with E-state index < -0.39 is 76.4 Å². The molecular weight excluding hydrogens is 949 g/mol. The van der Waals surface area contributed by atoms with Crippen LogP contribution < -0.4 is 0 Å². The van der Waals surface area contributed by atoms with Crippen molar-refractivity contribution in [1.82, 2.24) is 0 Å². The molecule has 22 heteroatoms. The van der Waals surface area contributed by atoms with E-state index in [2.05, 4.69) is 30.4 Å². The number of aliphatic hydroxyl groups excluding tert-OH is 2. The quantitative estimate of drug-likeness (QED) is 0.0230. The summed E-state index contributed by atoms with van der Waals surface area (Å²) in [5.41, 5.74) is -1.13. The van der Waals surface area contributed by atoms with E-state index in [0.717, 1.165) is 36.4 Å². The highest BCUT2D eigenvalue weighted by atomic mass is 32.2. The highest BCUT2D eigenvalue weighted by Gasteiger charge is 2.23. The van der Waals surface area contributed by atoms with Gasteiger partial charge in [0.1, 0.15) is 32.5 Å². The Labute approximate surface area is 395 Å². The fourth-order valence-corrected chi connectivity index (χ4v) is 8.61. The highest BCUT2D eigenvalue weighted by molar-refractivity contribution is 7.86. The van der Waals surface area contributed by atoms with Crippen LogP contribution >= 0.6 is 0 Å². The molecular formula is C48H32N6O14S2. The Kier molecular flexibility index (Phi) is 12.7. The van der Waals surface area contributed by atoms with Crippen LogP contribution in [0.3, 0.4) is 0 Å². The number of carbonyl (C=O) groups is 2. The Morgan fingerprint density at radius 2 is 0.729 bits per heavy atom. The molecule has 0 aliphatic rings. The zero-order chi connectivity index (χ0) is 50.1. The lowest BCUT2D eigenvalue weighted by molar-refractivity contribution is 0.0686. The predicted molar refractivity (Wildman–Crippen MR) is 256 cm³/mol. The fourth-order valence-electron chi connectivity index (χ4n) is 7.24. The summed E-state index contributed by atoms with van der Waals surface area (Å²) in [5.74, 6) is -5.29. The molecule has 0 unspecified atom stereocenters. The average Bonchev–Trinajstić information content (AvgIpc) is 3.33. The Morgan fingerprint density at radius 3 is 1.07 bits per heavy atom. The minimum absolute atomic E-state index is 0.119. The summed E-state index contributed by atoms with van der Waals surface area (Å²) in [6.07, 6.45) is 0. The third-order valence-corrected chi connectivity index (χ3v) is 12.4. The van der Waals surface area contributed by atoms with Crippen LogP contribution in [0, 0.1) is 0 Å². The maximum atomic E-state index is 12.5. The molecule has 8 rings (SSSR count). The number of phenolic OH excluding ortho intramolecular Hbond substituents is 2. The van der Waals surface area contributed by atoms with Crippen LogP contribution in [-0.4, -0.2) is 80.3 Å². The average molecular weight is 981 g/mol. The molecule has 0 aliphatic heterocycles. The van der Waals surface area contributed by atoms with E-state index >= 15 is 0 Å². The van der Waals surface area contributed by atoms with E-state index in [1.165, 1.54) is 48.5 Å². The van der Waals surface area contributed by atoms with Gasteiger partial charge in [0.15, 0.2) is 11.5 Å². The molecule has 0 amide bonds. The van der Waals surface area contributed by atoms with Gasteiger partial charge in [-0.2, -0.15) is 16.8 Å². The Bertz CT molecular complexity index is 3580. The molecule has 8 aromatic rings. The van der Waals surface area contributed by atoms with Gasteiger partial charge in [0, 0.05) is 21.9 Å². The van der Waals surface area contributed by atoms with Gasteiger partial charge in [0.25, 0.3) is 20.2 Å². The number of rotatable bonds is 13. The number of benzene rings is 8. The third-order valence-electron chi connectivity index (χ3n) is 10.5. The number of hydrogen-bond donors (Lipinski definition) is 8. The molecule has 0 aromatic heterocycles. The van der Waals surface area contributed by atoms with Crippen molar-refractivity contribution in [2.45, 2.75) is 9.79 Å². The lowest BCUT2D eigenvalue weighted by Crippen LogP contribution is -2.00. The van der Waals surface area contributed by atoms with Crippen molar-refractivity contribution < 1.29 is 66.2 Å². The smallest absolute Gasteiger partial charge is 0.337 e. The van der Waals surface area contributed by atoms with Crippen molar-refractivity contribution in [3.05, 3.63) is 168 Å². The van der Waals surface area contributed by atoms with Gasteiger partial charge in [-0.15, -0.1) is 20.5 Å². The maximum Gasteiger partial charge on any atom is 0.337 e. The van der Waals surface area contributed by atoms with Gasteiger partial charge in [-0.25, -0.2) is 19.6 Å². The van der Waals surface area contributed by atoms with Crippen molar-refractivity contribution in [3.63, 3.8) is 0 Å². The second-order valence-corrected chi connectivity index (χ2v) is 17.7. The van der Waals surface area contributed by atoms with Gasteiger partial charge >= 0.3 is 11.9 Å². The van der Waals surface area contributed by atoms with Gasteiger partial charge in [-0.1, -0.05) is 60.7 Å². The maximum absolute atomic E-state index is 12.5. The summed E-state index contributed by atoms with van der Waals surface area (Å²) >= 11 is 0. The van der Waals surface area contributed by atoms with E-state index in [9.17, 15) is 66.2 Å². The molecule has 8 aromatic carbocycles. The predicted octanol–water partition coefficient (Wildman–Crippen LogP) is 11.1. The lowest BCUT2D eigenvalue weighted by Gasteiger charge is -2.11. The molecule has 0 saturated heterocycles. The van der Waals surface area contributed by atoms with Gasteiger partial charge in [0.2, 0.25) is 11.8 Å². The van der Waals surface area contributed by atoms with Crippen molar-refractivity contribution >= 4 is 99.6 Å². The minimum Gasteiger partial charge on any atom is -0.505 e. The molecule has 0 atom stereocenters. The zero-order valence-corrected chi connectivity index (χ0v) is 37.0. The number of fused-ring (bicyclic) bond motifs is 2. The molecule has 70 heavy (non-hydrogen) atoms. The van der Waals surface area contributed by atoms with Gasteiger partial charge in [0.05, 0.1) is 33.3 Å². The Balaban J connectivity index is 1.13. The van der Waals surface area contributed by atoms with E-state index in [1.807, 2.05) is 0 Å². The van der Waals surface area contributed by atoms with Crippen LogP contribution in [-0.2, 0) is 20.2 Å². The molecule has 0 aliphatic carbocycles. The van der Waals surface area contributed by atoms with E-state index in [1.54, 1.807) is 60.7 Å². The van der Waals surface area contributed by atoms with Gasteiger partial charge in [-0.05, 0) is 96.1 Å². The van der Waals surface area contributed by atoms with Crippen LogP contribution in [0.25, 0.3) is 32.7 Å². The first-order valence-corrected chi connectivity index (χ1v) is 22.9. The number of carboxylic acids is 2. The highest BCUT2D eigenvalue weighted by Crippen LogP contribution is 2.45. The zero-order valence-electron chi connectivity index (χ0n) is 35.4. The summed E-state index contributed by atoms with van der Waals surface area (Å²) in [6, 6.07) is 32.9. The topological polar surface area (TPSA) is 338 Å². The number of phenols is 2. The summed E-state index contributed by atoms with van der Waals surface area (Å²) in [4.78, 5) is 32.2. The van der Waals surface area contributed by atoms with Crippen LogP contribution in [0.5, 0.6) is 11.5 Å². The fraction of sp³-hybridized carbons (Fsp3) is 0. The molecule has 0 radical (unpaired) electrons. The number of carboxylic acid groups (broad SMARTS) is 2.